The molecule has 162 valence electrons. The summed E-state index contributed by atoms with van der Waals surface area (Å²) < 4.78 is 7.28. The molecule has 3 rings (SSSR count). The number of carbonyl (C=O) groups excluding carboxylic acids is 1. The lowest BCUT2D eigenvalue weighted by atomic mass is 10.1. The smallest absolute Gasteiger partial charge is 0.266 e. The van der Waals surface area contributed by atoms with Gasteiger partial charge in [-0.1, -0.05) is 41.9 Å². The highest BCUT2D eigenvalue weighted by Crippen LogP contribution is 2.36. The van der Waals surface area contributed by atoms with Crippen LogP contribution in [-0.2, 0) is 11.4 Å². The number of benzene rings is 3. The molecule has 0 spiro atoms. The molecule has 32 heavy (non-hydrogen) atoms. The second-order valence-electron chi connectivity index (χ2n) is 7.14. The van der Waals surface area contributed by atoms with Gasteiger partial charge in [0.05, 0.1) is 8.95 Å². The van der Waals surface area contributed by atoms with Crippen LogP contribution < -0.4 is 10.1 Å². The highest BCUT2D eigenvalue weighted by molar-refractivity contribution is 9.11. The number of nitrogens with zero attached hydrogens (tertiary/aromatic N) is 1. The van der Waals surface area contributed by atoms with E-state index in [1.54, 1.807) is 12.1 Å². The van der Waals surface area contributed by atoms with E-state index in [1.165, 1.54) is 6.08 Å². The first-order valence-electron chi connectivity index (χ1n) is 9.64. The number of rotatable bonds is 6. The number of carbonyl (C=O) groups is 1. The molecule has 0 fully saturated rings. The largest absolute Gasteiger partial charge is 0.486 e. The Morgan fingerprint density at radius 1 is 1.12 bits per heavy atom. The van der Waals surface area contributed by atoms with Crippen LogP contribution in [-0.4, -0.2) is 5.91 Å². The van der Waals surface area contributed by atoms with Crippen LogP contribution in [0.15, 0.2) is 69.1 Å². The zero-order valence-electron chi connectivity index (χ0n) is 17.4. The number of aryl methyl sites for hydroxylation is 2. The maximum absolute atomic E-state index is 12.7. The summed E-state index contributed by atoms with van der Waals surface area (Å²) in [5, 5.41) is 13.0. The molecule has 0 bridgehead atoms. The lowest BCUT2D eigenvalue weighted by Gasteiger charge is -2.12. The molecule has 3 aromatic carbocycles. The molecule has 0 heterocycles. The van der Waals surface area contributed by atoms with Crippen LogP contribution in [0.3, 0.4) is 0 Å². The van der Waals surface area contributed by atoms with E-state index in [4.69, 9.17) is 16.3 Å². The fraction of sp³-hybridized carbons (Fsp3) is 0.120. The van der Waals surface area contributed by atoms with E-state index in [9.17, 15) is 10.1 Å². The number of hydrogen-bond acceptors (Lipinski definition) is 3. The molecule has 0 aliphatic carbocycles. The first-order chi connectivity index (χ1) is 15.3. The second kappa shape index (κ2) is 10.8. The number of anilines is 1. The van der Waals surface area contributed by atoms with Gasteiger partial charge in [-0.25, -0.2) is 0 Å². The molecule has 4 nitrogen and oxygen atoms in total. The number of nitriles is 1. The van der Waals surface area contributed by atoms with Crippen molar-refractivity contribution < 1.29 is 9.53 Å². The van der Waals surface area contributed by atoms with E-state index in [2.05, 4.69) is 37.2 Å². The van der Waals surface area contributed by atoms with Crippen LogP contribution in [0.2, 0.25) is 5.02 Å². The van der Waals surface area contributed by atoms with E-state index in [1.807, 2.05) is 62.4 Å². The molecule has 0 aliphatic rings. The van der Waals surface area contributed by atoms with Crippen molar-refractivity contribution in [2.75, 3.05) is 5.32 Å². The fourth-order valence-electron chi connectivity index (χ4n) is 2.94. The molecule has 3 aromatic rings. The van der Waals surface area contributed by atoms with Gasteiger partial charge in [0.25, 0.3) is 5.91 Å². The molecular formula is C25H19Br2ClN2O2. The first-order valence-corrected chi connectivity index (χ1v) is 11.6. The Bertz CT molecular complexity index is 1230. The van der Waals surface area contributed by atoms with Crippen molar-refractivity contribution in [3.63, 3.8) is 0 Å². The van der Waals surface area contributed by atoms with Gasteiger partial charge in [0.15, 0.2) is 0 Å². The molecule has 0 atom stereocenters. The zero-order chi connectivity index (χ0) is 23.3. The van der Waals surface area contributed by atoms with Gasteiger partial charge in [0.1, 0.15) is 24.0 Å². The summed E-state index contributed by atoms with van der Waals surface area (Å²) in [6.45, 7) is 4.15. The van der Waals surface area contributed by atoms with E-state index in [0.717, 1.165) is 16.7 Å². The van der Waals surface area contributed by atoms with Gasteiger partial charge in [-0.3, -0.25) is 4.79 Å². The van der Waals surface area contributed by atoms with Crippen LogP contribution in [0.1, 0.15) is 22.3 Å². The lowest BCUT2D eigenvalue weighted by molar-refractivity contribution is -0.112. The van der Waals surface area contributed by atoms with Gasteiger partial charge in [-0.05, 0) is 92.7 Å². The monoisotopic (exact) mass is 572 g/mol. The van der Waals surface area contributed by atoms with Crippen molar-refractivity contribution in [2.24, 2.45) is 0 Å². The Balaban J connectivity index is 1.80. The quantitative estimate of drug-likeness (QED) is 0.244. The van der Waals surface area contributed by atoms with Crippen molar-refractivity contribution in [3.8, 4) is 11.8 Å². The number of amides is 1. The maximum Gasteiger partial charge on any atom is 0.266 e. The topological polar surface area (TPSA) is 62.1 Å². The van der Waals surface area contributed by atoms with Gasteiger partial charge < -0.3 is 10.1 Å². The van der Waals surface area contributed by atoms with E-state index >= 15 is 0 Å². The SMILES string of the molecule is Cc1ccc(C)c(NC(=O)/C(C#N)=C/c2cc(Br)c(OCc3ccccc3Cl)c(Br)c2)c1. The summed E-state index contributed by atoms with van der Waals surface area (Å²) in [6.07, 6.45) is 1.54. The number of nitrogens with one attached hydrogen (secondary N) is 1. The van der Waals surface area contributed by atoms with Crippen LogP contribution in [0.25, 0.3) is 6.08 Å². The third-order valence-corrected chi connectivity index (χ3v) is 6.21. The lowest BCUT2D eigenvalue weighted by Crippen LogP contribution is -2.14. The molecule has 7 heteroatoms. The van der Waals surface area contributed by atoms with E-state index < -0.39 is 5.91 Å². The summed E-state index contributed by atoms with van der Waals surface area (Å²) in [4.78, 5) is 12.7. The zero-order valence-corrected chi connectivity index (χ0v) is 21.3. The number of hydrogen-bond donors (Lipinski definition) is 1. The maximum atomic E-state index is 12.7. The molecule has 0 aromatic heterocycles. The third-order valence-electron chi connectivity index (χ3n) is 4.67. The van der Waals surface area contributed by atoms with Gasteiger partial charge >= 0.3 is 0 Å². The minimum absolute atomic E-state index is 0.00515. The molecule has 0 saturated carbocycles. The summed E-state index contributed by atoms with van der Waals surface area (Å²) >= 11 is 13.2. The van der Waals surface area contributed by atoms with Crippen molar-refractivity contribution in [2.45, 2.75) is 20.5 Å². The molecule has 1 amide bonds. The van der Waals surface area contributed by atoms with Gasteiger partial charge in [0, 0.05) is 16.3 Å². The van der Waals surface area contributed by atoms with Crippen molar-refractivity contribution >= 4 is 61.1 Å². The first kappa shape index (κ1) is 24.1. The van der Waals surface area contributed by atoms with Crippen LogP contribution >= 0.6 is 43.5 Å². The molecule has 0 aliphatic heterocycles. The minimum Gasteiger partial charge on any atom is -0.486 e. The van der Waals surface area contributed by atoms with Gasteiger partial charge in [-0.2, -0.15) is 5.26 Å². The summed E-state index contributed by atoms with van der Waals surface area (Å²) in [7, 11) is 0. The molecule has 1 N–H and O–H groups in total. The molecular weight excluding hydrogens is 556 g/mol. The van der Waals surface area contributed by atoms with Crippen LogP contribution in [0.4, 0.5) is 5.69 Å². The number of halogens is 3. The van der Waals surface area contributed by atoms with Crippen molar-refractivity contribution in [1.82, 2.24) is 0 Å². The minimum atomic E-state index is -0.465. The van der Waals surface area contributed by atoms with E-state index in [0.29, 0.717) is 37.6 Å². The normalized spacial score (nSPS) is 11.1. The van der Waals surface area contributed by atoms with Crippen molar-refractivity contribution in [1.29, 1.82) is 5.26 Å². The standard InChI is InChI=1S/C25H19Br2ClN2O2/c1-15-7-8-16(2)23(9-15)30-25(31)19(13-29)10-17-11-20(26)24(21(27)12-17)32-14-18-5-3-4-6-22(18)28/h3-12H,14H2,1-2H3,(H,30,31)/b19-10+. The Kier molecular flexibility index (Phi) is 8.14. The summed E-state index contributed by atoms with van der Waals surface area (Å²) in [5.41, 5.74) is 4.16. The highest BCUT2D eigenvalue weighted by atomic mass is 79.9. The average Bonchev–Trinajstić information content (AvgIpc) is 2.75. The molecule has 0 radical (unpaired) electrons. The predicted octanol–water partition coefficient (Wildman–Crippen LogP) is 7.61. The Hall–Kier alpha value is -2.59. The Morgan fingerprint density at radius 3 is 2.47 bits per heavy atom. The Labute approximate surface area is 209 Å². The van der Waals surface area contributed by atoms with Crippen LogP contribution in [0.5, 0.6) is 5.75 Å². The molecule has 0 unspecified atom stereocenters. The highest BCUT2D eigenvalue weighted by Gasteiger charge is 2.14. The van der Waals surface area contributed by atoms with Gasteiger partial charge in [0.2, 0.25) is 0 Å². The second-order valence-corrected chi connectivity index (χ2v) is 9.25. The number of ether oxygens (including phenoxy) is 1. The average molecular weight is 575 g/mol. The van der Waals surface area contributed by atoms with Crippen LogP contribution in [0, 0.1) is 25.2 Å². The predicted molar refractivity (Wildman–Crippen MR) is 136 cm³/mol. The third kappa shape index (κ3) is 6.01. The van der Waals surface area contributed by atoms with Crippen molar-refractivity contribution in [3.05, 3.63) is 96.4 Å². The van der Waals surface area contributed by atoms with Gasteiger partial charge in [-0.15, -0.1) is 0 Å². The Morgan fingerprint density at radius 2 is 1.81 bits per heavy atom. The summed E-state index contributed by atoms with van der Waals surface area (Å²) in [6, 6.07) is 18.8. The molecule has 0 saturated heterocycles. The van der Waals surface area contributed by atoms with E-state index in [-0.39, 0.29) is 5.57 Å². The summed E-state index contributed by atoms with van der Waals surface area (Å²) in [5.74, 6) is 0.132. The fourth-order valence-corrected chi connectivity index (χ4v) is 4.58.